The molecule has 0 aliphatic carbocycles. The van der Waals surface area contributed by atoms with Crippen molar-refractivity contribution in [2.75, 3.05) is 5.32 Å². The second-order valence-corrected chi connectivity index (χ2v) is 7.79. The topological polar surface area (TPSA) is 81.1 Å². The number of carbonyl (C=O) groups excluding carboxylic acids is 1. The highest BCUT2D eigenvalue weighted by atomic mass is 32.2. The van der Waals surface area contributed by atoms with E-state index in [1.807, 2.05) is 26.0 Å². The van der Waals surface area contributed by atoms with Gasteiger partial charge in [-0.1, -0.05) is 26.0 Å². The fourth-order valence-electron chi connectivity index (χ4n) is 2.33. The van der Waals surface area contributed by atoms with Crippen molar-refractivity contribution in [3.63, 3.8) is 0 Å². The third-order valence-electron chi connectivity index (χ3n) is 3.86. The molecule has 0 spiro atoms. The summed E-state index contributed by atoms with van der Waals surface area (Å²) in [4.78, 5) is 16.3. The molecule has 0 bridgehead atoms. The van der Waals surface area contributed by atoms with E-state index in [1.165, 1.54) is 13.1 Å². The van der Waals surface area contributed by atoms with Crippen LogP contribution in [0.4, 0.5) is 5.69 Å². The number of amides is 1. The van der Waals surface area contributed by atoms with Crippen LogP contribution in [0.2, 0.25) is 0 Å². The summed E-state index contributed by atoms with van der Waals surface area (Å²) in [6.45, 7) is 5.92. The maximum Gasteiger partial charge on any atom is 0.242 e. The van der Waals surface area contributed by atoms with Crippen LogP contribution in [0.25, 0.3) is 0 Å². The quantitative estimate of drug-likeness (QED) is 0.833. The number of benzene rings is 1. The molecule has 0 unspecified atom stereocenters. The van der Waals surface area contributed by atoms with E-state index in [-0.39, 0.29) is 5.16 Å². The minimum Gasteiger partial charge on any atom is -0.325 e. The molecule has 1 heterocycles. The molecule has 0 aliphatic heterocycles. The fourth-order valence-corrected chi connectivity index (χ4v) is 3.67. The number of rotatable bonds is 7. The van der Waals surface area contributed by atoms with Crippen LogP contribution in [0.5, 0.6) is 0 Å². The minimum absolute atomic E-state index is 0.0617. The third kappa shape index (κ3) is 3.84. The van der Waals surface area contributed by atoms with E-state index >= 15 is 0 Å². The molecule has 0 fully saturated rings. The predicted molar refractivity (Wildman–Crippen MR) is 93.6 cm³/mol. The van der Waals surface area contributed by atoms with Crippen LogP contribution in [0.15, 0.2) is 41.8 Å². The second-order valence-electron chi connectivity index (χ2n) is 5.63. The summed E-state index contributed by atoms with van der Waals surface area (Å²) >= 11 is 0. The Kier molecular flexibility index (Phi) is 5.77. The summed E-state index contributed by atoms with van der Waals surface area (Å²) in [6, 6.07) is 7.35. The fraction of sp³-hybridized carbons (Fsp3) is 0.412. The summed E-state index contributed by atoms with van der Waals surface area (Å²) in [5.74, 6) is -0.565. The number of nitrogens with one attached hydrogen (secondary N) is 1. The molecule has 130 valence electrons. The molecule has 0 saturated heterocycles. The molecule has 1 amide bonds. The standard InChI is InChI=1S/C17H23N3O3S/c1-4-11-20-12-10-18-17(20)24(22,23)13(3)16(21)19-15-8-6-14(5-2)7-9-15/h6-10,12-13H,4-5,11H2,1-3H3,(H,19,21)/t13-/m1/s1. The highest BCUT2D eigenvalue weighted by molar-refractivity contribution is 7.92. The number of nitrogens with zero attached hydrogens (tertiary/aromatic N) is 2. The van der Waals surface area contributed by atoms with Crippen molar-refractivity contribution in [2.45, 2.75) is 50.6 Å². The molecule has 0 saturated carbocycles. The van der Waals surface area contributed by atoms with Crippen LogP contribution < -0.4 is 5.32 Å². The molecule has 7 heteroatoms. The summed E-state index contributed by atoms with van der Waals surface area (Å²) in [5.41, 5.74) is 1.73. The van der Waals surface area contributed by atoms with Crippen molar-refractivity contribution in [1.29, 1.82) is 0 Å². The van der Waals surface area contributed by atoms with Gasteiger partial charge >= 0.3 is 0 Å². The van der Waals surface area contributed by atoms with E-state index in [1.54, 1.807) is 22.9 Å². The molecule has 24 heavy (non-hydrogen) atoms. The maximum absolute atomic E-state index is 12.7. The molecule has 0 radical (unpaired) electrons. The first kappa shape index (κ1) is 18.2. The molecular weight excluding hydrogens is 326 g/mol. The average Bonchev–Trinajstić information content (AvgIpc) is 3.04. The van der Waals surface area contributed by atoms with Crippen molar-refractivity contribution >= 4 is 21.4 Å². The van der Waals surface area contributed by atoms with Gasteiger partial charge in [0, 0.05) is 24.6 Å². The van der Waals surface area contributed by atoms with Crippen LogP contribution in [0.1, 0.15) is 32.8 Å². The number of hydrogen-bond acceptors (Lipinski definition) is 4. The number of imidazole rings is 1. The summed E-state index contributed by atoms with van der Waals surface area (Å²) in [5, 5.41) is 1.37. The van der Waals surface area contributed by atoms with Crippen molar-refractivity contribution in [1.82, 2.24) is 9.55 Å². The summed E-state index contributed by atoms with van der Waals surface area (Å²) in [6.07, 6.45) is 4.74. The van der Waals surface area contributed by atoms with E-state index in [4.69, 9.17) is 0 Å². The van der Waals surface area contributed by atoms with Crippen LogP contribution in [0.3, 0.4) is 0 Å². The Balaban J connectivity index is 2.17. The normalized spacial score (nSPS) is 12.8. The number of sulfone groups is 1. The number of carbonyl (C=O) groups is 1. The Labute approximate surface area is 142 Å². The van der Waals surface area contributed by atoms with Gasteiger partial charge in [0.25, 0.3) is 0 Å². The zero-order valence-electron chi connectivity index (χ0n) is 14.2. The Morgan fingerprint density at radius 2 is 1.92 bits per heavy atom. The summed E-state index contributed by atoms with van der Waals surface area (Å²) in [7, 11) is -3.84. The van der Waals surface area contributed by atoms with Gasteiger partial charge < -0.3 is 9.88 Å². The average molecular weight is 349 g/mol. The monoisotopic (exact) mass is 349 g/mol. The Bertz CT molecular complexity index is 795. The Morgan fingerprint density at radius 3 is 2.50 bits per heavy atom. The van der Waals surface area contributed by atoms with Crippen molar-refractivity contribution in [3.05, 3.63) is 42.2 Å². The first-order chi connectivity index (χ1) is 11.4. The van der Waals surface area contributed by atoms with E-state index in [2.05, 4.69) is 10.3 Å². The van der Waals surface area contributed by atoms with Gasteiger partial charge in [-0.3, -0.25) is 4.79 Å². The van der Waals surface area contributed by atoms with Crippen LogP contribution in [-0.2, 0) is 27.6 Å². The van der Waals surface area contributed by atoms with Crippen LogP contribution in [-0.4, -0.2) is 29.1 Å². The van der Waals surface area contributed by atoms with E-state index in [9.17, 15) is 13.2 Å². The van der Waals surface area contributed by atoms with Gasteiger partial charge in [-0.25, -0.2) is 13.4 Å². The molecule has 1 atom stereocenters. The second kappa shape index (κ2) is 7.61. The van der Waals surface area contributed by atoms with Gasteiger partial charge in [-0.05, 0) is 37.5 Å². The molecule has 1 N–H and O–H groups in total. The molecule has 1 aromatic carbocycles. The van der Waals surface area contributed by atoms with Crippen LogP contribution in [0, 0.1) is 0 Å². The van der Waals surface area contributed by atoms with Gasteiger partial charge in [0.1, 0.15) is 5.25 Å². The van der Waals surface area contributed by atoms with E-state index in [0.29, 0.717) is 12.2 Å². The highest BCUT2D eigenvalue weighted by Gasteiger charge is 2.33. The lowest BCUT2D eigenvalue weighted by atomic mass is 10.1. The lowest BCUT2D eigenvalue weighted by Gasteiger charge is -2.14. The maximum atomic E-state index is 12.7. The van der Waals surface area contributed by atoms with Gasteiger partial charge in [0.05, 0.1) is 0 Å². The van der Waals surface area contributed by atoms with Gasteiger partial charge in [-0.15, -0.1) is 0 Å². The van der Waals surface area contributed by atoms with Gasteiger partial charge in [0.15, 0.2) is 0 Å². The van der Waals surface area contributed by atoms with Crippen molar-refractivity contribution in [3.8, 4) is 0 Å². The lowest BCUT2D eigenvalue weighted by molar-refractivity contribution is -0.115. The highest BCUT2D eigenvalue weighted by Crippen LogP contribution is 2.17. The van der Waals surface area contributed by atoms with E-state index < -0.39 is 21.0 Å². The number of aromatic nitrogens is 2. The largest absolute Gasteiger partial charge is 0.325 e. The Morgan fingerprint density at radius 1 is 1.25 bits per heavy atom. The molecule has 1 aromatic heterocycles. The molecule has 2 rings (SSSR count). The minimum atomic E-state index is -3.84. The van der Waals surface area contributed by atoms with Gasteiger partial charge in [-0.2, -0.15) is 0 Å². The van der Waals surface area contributed by atoms with E-state index in [0.717, 1.165) is 18.4 Å². The predicted octanol–water partition coefficient (Wildman–Crippen LogP) is 2.66. The van der Waals surface area contributed by atoms with Crippen LogP contribution >= 0.6 is 0 Å². The molecule has 0 aliphatic rings. The summed E-state index contributed by atoms with van der Waals surface area (Å²) < 4.78 is 26.9. The number of aryl methyl sites for hydroxylation is 2. The molecule has 6 nitrogen and oxygen atoms in total. The Hall–Kier alpha value is -2.15. The zero-order valence-corrected chi connectivity index (χ0v) is 15.0. The van der Waals surface area contributed by atoms with Gasteiger partial charge in [0.2, 0.25) is 20.9 Å². The number of anilines is 1. The van der Waals surface area contributed by atoms with Crippen molar-refractivity contribution < 1.29 is 13.2 Å². The first-order valence-electron chi connectivity index (χ1n) is 8.05. The van der Waals surface area contributed by atoms with Crippen molar-refractivity contribution in [2.24, 2.45) is 0 Å². The first-order valence-corrected chi connectivity index (χ1v) is 9.59. The SMILES string of the molecule is CCCn1ccnc1S(=O)(=O)[C@H](C)C(=O)Nc1ccc(CC)cc1. The molecule has 2 aromatic rings. The smallest absolute Gasteiger partial charge is 0.242 e. The molecular formula is C17H23N3O3S. The number of hydrogen-bond donors (Lipinski definition) is 1. The lowest BCUT2D eigenvalue weighted by Crippen LogP contribution is -2.34. The zero-order chi connectivity index (χ0) is 17.7. The third-order valence-corrected chi connectivity index (χ3v) is 5.85.